The third-order valence-corrected chi connectivity index (χ3v) is 3.60. The van der Waals surface area contributed by atoms with Crippen LogP contribution in [0.4, 0.5) is 11.4 Å². The van der Waals surface area contributed by atoms with Crippen molar-refractivity contribution in [2.45, 2.75) is 13.5 Å². The minimum atomic E-state index is -0.947. The molecule has 0 radical (unpaired) electrons. The summed E-state index contributed by atoms with van der Waals surface area (Å²) in [7, 11) is 0. The van der Waals surface area contributed by atoms with Gasteiger partial charge in [0.05, 0.1) is 5.56 Å². The Morgan fingerprint density at radius 3 is 2.57 bits per heavy atom. The first-order valence-corrected chi connectivity index (χ1v) is 7.14. The Hall–Kier alpha value is -3.02. The summed E-state index contributed by atoms with van der Waals surface area (Å²) in [6.07, 6.45) is 0. The molecule has 0 fully saturated rings. The number of anilines is 2. The fraction of sp³-hybridized carbons (Fsp3) is 0.176. The van der Waals surface area contributed by atoms with E-state index >= 15 is 0 Å². The van der Waals surface area contributed by atoms with Gasteiger partial charge >= 0.3 is 5.97 Å². The van der Waals surface area contributed by atoms with E-state index in [1.165, 1.54) is 6.92 Å². The van der Waals surface area contributed by atoms with Crippen LogP contribution in [0.3, 0.4) is 0 Å². The Kier molecular flexibility index (Phi) is 3.89. The summed E-state index contributed by atoms with van der Waals surface area (Å²) >= 11 is 0. The number of rotatable bonds is 3. The number of nitrogens with zero attached hydrogens (tertiary/aromatic N) is 1. The monoisotopic (exact) mass is 312 g/mol. The van der Waals surface area contributed by atoms with Gasteiger partial charge < -0.3 is 20.1 Å². The average molecular weight is 312 g/mol. The molecule has 0 aromatic heterocycles. The lowest BCUT2D eigenvalue weighted by atomic mass is 10.1. The maximum absolute atomic E-state index is 11.2. The van der Waals surface area contributed by atoms with Crippen molar-refractivity contribution in [3.05, 3.63) is 53.6 Å². The summed E-state index contributed by atoms with van der Waals surface area (Å²) in [6.45, 7) is 2.47. The molecule has 0 bridgehead atoms. The van der Waals surface area contributed by atoms with Gasteiger partial charge in [-0.2, -0.15) is 0 Å². The SMILES string of the molecule is CC(=O)Nc1ccc2c(c1)CN(c1ccc(C(=O)O)cc1)CO2. The van der Waals surface area contributed by atoms with E-state index in [9.17, 15) is 9.59 Å². The van der Waals surface area contributed by atoms with Crippen molar-refractivity contribution in [2.75, 3.05) is 16.9 Å². The molecule has 1 aliphatic rings. The maximum atomic E-state index is 11.2. The highest BCUT2D eigenvalue weighted by molar-refractivity contribution is 5.89. The largest absolute Gasteiger partial charge is 0.478 e. The van der Waals surface area contributed by atoms with Gasteiger partial charge in [0.1, 0.15) is 5.75 Å². The number of amides is 1. The van der Waals surface area contributed by atoms with E-state index in [0.717, 1.165) is 22.7 Å². The van der Waals surface area contributed by atoms with E-state index in [4.69, 9.17) is 9.84 Å². The number of aromatic carboxylic acids is 1. The van der Waals surface area contributed by atoms with Gasteiger partial charge in [-0.3, -0.25) is 4.79 Å². The van der Waals surface area contributed by atoms with E-state index in [1.807, 2.05) is 17.0 Å². The molecular formula is C17H16N2O4. The van der Waals surface area contributed by atoms with Crippen molar-refractivity contribution in [1.82, 2.24) is 0 Å². The van der Waals surface area contributed by atoms with Crippen LogP contribution in [0.2, 0.25) is 0 Å². The van der Waals surface area contributed by atoms with Crippen molar-refractivity contribution < 1.29 is 19.4 Å². The van der Waals surface area contributed by atoms with Gasteiger partial charge in [0.2, 0.25) is 5.91 Å². The standard InChI is InChI=1S/C17H16N2O4/c1-11(20)18-14-4-7-16-13(8-14)9-19(10-23-16)15-5-2-12(3-6-15)17(21)22/h2-8H,9-10H2,1H3,(H,18,20)(H,21,22). The number of nitrogens with one attached hydrogen (secondary N) is 1. The number of fused-ring (bicyclic) bond motifs is 1. The van der Waals surface area contributed by atoms with Gasteiger partial charge in [-0.25, -0.2) is 4.79 Å². The van der Waals surface area contributed by atoms with Gasteiger partial charge in [-0.05, 0) is 42.5 Å². The molecule has 0 saturated carbocycles. The molecule has 6 nitrogen and oxygen atoms in total. The number of benzene rings is 2. The first-order valence-electron chi connectivity index (χ1n) is 7.14. The minimum absolute atomic E-state index is 0.122. The maximum Gasteiger partial charge on any atom is 0.335 e. The molecule has 0 spiro atoms. The smallest absolute Gasteiger partial charge is 0.335 e. The van der Waals surface area contributed by atoms with Crippen molar-refractivity contribution in [3.63, 3.8) is 0 Å². The summed E-state index contributed by atoms with van der Waals surface area (Å²) in [5.74, 6) is -0.281. The molecule has 0 aliphatic carbocycles. The third-order valence-electron chi connectivity index (χ3n) is 3.60. The molecular weight excluding hydrogens is 296 g/mol. The van der Waals surface area contributed by atoms with E-state index in [0.29, 0.717) is 13.3 Å². The highest BCUT2D eigenvalue weighted by Gasteiger charge is 2.18. The third kappa shape index (κ3) is 3.26. The fourth-order valence-corrected chi connectivity index (χ4v) is 2.50. The van der Waals surface area contributed by atoms with Crippen molar-refractivity contribution in [1.29, 1.82) is 0 Å². The number of carboxylic acids is 1. The van der Waals surface area contributed by atoms with Crippen LogP contribution in [-0.2, 0) is 11.3 Å². The number of hydrogen-bond acceptors (Lipinski definition) is 4. The normalized spacial score (nSPS) is 13.0. The molecule has 2 aromatic rings. The van der Waals surface area contributed by atoms with E-state index in [1.54, 1.807) is 30.3 Å². The number of hydrogen-bond donors (Lipinski definition) is 2. The summed E-state index contributed by atoms with van der Waals surface area (Å²) < 4.78 is 5.73. The lowest BCUT2D eigenvalue weighted by Gasteiger charge is -2.31. The topological polar surface area (TPSA) is 78.9 Å². The van der Waals surface area contributed by atoms with Crippen molar-refractivity contribution >= 4 is 23.3 Å². The highest BCUT2D eigenvalue weighted by atomic mass is 16.5. The lowest BCUT2D eigenvalue weighted by Crippen LogP contribution is -2.31. The van der Waals surface area contributed by atoms with Gasteiger partial charge in [0, 0.05) is 30.4 Å². The molecule has 2 N–H and O–H groups in total. The van der Waals surface area contributed by atoms with Crippen LogP contribution in [0.5, 0.6) is 5.75 Å². The minimum Gasteiger partial charge on any atom is -0.478 e. The molecule has 118 valence electrons. The zero-order valence-electron chi connectivity index (χ0n) is 12.6. The van der Waals surface area contributed by atoms with E-state index < -0.39 is 5.97 Å². The zero-order valence-corrected chi connectivity index (χ0v) is 12.6. The molecule has 0 unspecified atom stereocenters. The van der Waals surface area contributed by atoms with Gasteiger partial charge in [0.15, 0.2) is 6.73 Å². The average Bonchev–Trinajstić information content (AvgIpc) is 2.53. The molecule has 2 aromatic carbocycles. The number of carboxylic acid groups (broad SMARTS) is 1. The lowest BCUT2D eigenvalue weighted by molar-refractivity contribution is -0.114. The van der Waals surface area contributed by atoms with Crippen LogP contribution in [0.15, 0.2) is 42.5 Å². The Morgan fingerprint density at radius 1 is 1.17 bits per heavy atom. The van der Waals surface area contributed by atoms with E-state index in [-0.39, 0.29) is 11.5 Å². The summed E-state index contributed by atoms with van der Waals surface area (Å²) in [5, 5.41) is 11.7. The first kappa shape index (κ1) is 14.9. The zero-order chi connectivity index (χ0) is 16.4. The molecule has 1 amide bonds. The van der Waals surface area contributed by atoms with Crippen molar-refractivity contribution in [3.8, 4) is 5.75 Å². The second-order valence-electron chi connectivity index (χ2n) is 5.33. The molecule has 3 rings (SSSR count). The van der Waals surface area contributed by atoms with Gasteiger partial charge in [-0.15, -0.1) is 0 Å². The molecule has 0 atom stereocenters. The quantitative estimate of drug-likeness (QED) is 0.911. The Bertz CT molecular complexity index is 756. The van der Waals surface area contributed by atoms with E-state index in [2.05, 4.69) is 5.32 Å². The summed E-state index contributed by atoms with van der Waals surface area (Å²) in [5.41, 5.74) is 2.82. The predicted octanol–water partition coefficient (Wildman–Crippen LogP) is 2.70. The summed E-state index contributed by atoms with van der Waals surface area (Å²) in [4.78, 5) is 24.0. The number of ether oxygens (including phenoxy) is 1. The number of carbonyl (C=O) groups excluding carboxylic acids is 1. The Morgan fingerprint density at radius 2 is 1.91 bits per heavy atom. The highest BCUT2D eigenvalue weighted by Crippen LogP contribution is 2.30. The first-order chi connectivity index (χ1) is 11.0. The molecule has 0 saturated heterocycles. The number of carbonyl (C=O) groups is 2. The Labute approximate surface area is 133 Å². The molecule has 23 heavy (non-hydrogen) atoms. The van der Waals surface area contributed by atoms with Crippen LogP contribution >= 0.6 is 0 Å². The molecule has 1 aliphatic heterocycles. The van der Waals surface area contributed by atoms with Gasteiger partial charge in [0.25, 0.3) is 0 Å². The van der Waals surface area contributed by atoms with Crippen LogP contribution in [0.25, 0.3) is 0 Å². The van der Waals surface area contributed by atoms with Crippen LogP contribution in [-0.4, -0.2) is 23.7 Å². The van der Waals surface area contributed by atoms with Gasteiger partial charge in [-0.1, -0.05) is 0 Å². The van der Waals surface area contributed by atoms with Crippen LogP contribution in [0, 0.1) is 0 Å². The second kappa shape index (κ2) is 6.00. The molecule has 1 heterocycles. The second-order valence-corrected chi connectivity index (χ2v) is 5.33. The Balaban J connectivity index is 1.81. The summed E-state index contributed by atoms with van der Waals surface area (Å²) in [6, 6.07) is 12.2. The van der Waals surface area contributed by atoms with Crippen molar-refractivity contribution in [2.24, 2.45) is 0 Å². The fourth-order valence-electron chi connectivity index (χ4n) is 2.50. The van der Waals surface area contributed by atoms with Crippen LogP contribution < -0.4 is 15.0 Å². The predicted molar refractivity (Wildman–Crippen MR) is 85.8 cm³/mol. The van der Waals surface area contributed by atoms with Crippen LogP contribution in [0.1, 0.15) is 22.8 Å². The molecule has 6 heteroatoms.